The summed E-state index contributed by atoms with van der Waals surface area (Å²) in [5, 5.41) is 2.70. The molecular formula is C21H29N3O5S. The monoisotopic (exact) mass is 435 g/mol. The van der Waals surface area contributed by atoms with Crippen LogP contribution in [0, 0.1) is 18.8 Å². The number of nitrogens with one attached hydrogen (secondary N) is 1. The van der Waals surface area contributed by atoms with Crippen LogP contribution in [0.4, 0.5) is 5.69 Å². The average Bonchev–Trinajstić information content (AvgIpc) is 2.73. The summed E-state index contributed by atoms with van der Waals surface area (Å²) in [5.41, 5.74) is 1.02. The van der Waals surface area contributed by atoms with Crippen molar-refractivity contribution in [2.75, 3.05) is 38.1 Å². The van der Waals surface area contributed by atoms with Gasteiger partial charge in [0.05, 0.1) is 16.5 Å². The van der Waals surface area contributed by atoms with Crippen LogP contribution in [-0.2, 0) is 19.6 Å². The van der Waals surface area contributed by atoms with Gasteiger partial charge >= 0.3 is 0 Å². The van der Waals surface area contributed by atoms with Crippen LogP contribution in [0.1, 0.15) is 38.2 Å². The summed E-state index contributed by atoms with van der Waals surface area (Å²) in [6, 6.07) is 3.11. The Morgan fingerprint density at radius 3 is 2.63 bits per heavy atom. The molecule has 1 aromatic rings. The van der Waals surface area contributed by atoms with Gasteiger partial charge in [-0.05, 0) is 50.2 Å². The minimum absolute atomic E-state index is 0.0787. The summed E-state index contributed by atoms with van der Waals surface area (Å²) in [4.78, 5) is 26.6. The molecule has 0 bridgehead atoms. The lowest BCUT2D eigenvalue weighted by molar-refractivity contribution is -0.138. The number of anilines is 1. The van der Waals surface area contributed by atoms with Crippen LogP contribution in [0.3, 0.4) is 0 Å². The zero-order valence-electron chi connectivity index (χ0n) is 17.5. The highest BCUT2D eigenvalue weighted by Crippen LogP contribution is 2.35. The predicted octanol–water partition coefficient (Wildman–Crippen LogP) is 1.99. The minimum atomic E-state index is -3.78. The van der Waals surface area contributed by atoms with E-state index >= 15 is 0 Å². The van der Waals surface area contributed by atoms with Gasteiger partial charge in [0.1, 0.15) is 5.75 Å². The maximum atomic E-state index is 13.4. The van der Waals surface area contributed by atoms with Crippen LogP contribution in [0.25, 0.3) is 0 Å². The van der Waals surface area contributed by atoms with Gasteiger partial charge in [-0.2, -0.15) is 4.31 Å². The number of carbonyl (C=O) groups excluding carboxylic acids is 2. The van der Waals surface area contributed by atoms with Crippen molar-refractivity contribution in [2.24, 2.45) is 11.8 Å². The van der Waals surface area contributed by atoms with Crippen LogP contribution in [0.5, 0.6) is 5.75 Å². The van der Waals surface area contributed by atoms with E-state index in [0.717, 1.165) is 32.4 Å². The lowest BCUT2D eigenvalue weighted by Gasteiger charge is -2.37. The van der Waals surface area contributed by atoms with E-state index in [1.807, 2.05) is 4.90 Å². The number of fused-ring (bicyclic) bond motifs is 1. The number of aryl methyl sites for hydroxylation is 1. The van der Waals surface area contributed by atoms with Gasteiger partial charge in [0.2, 0.25) is 15.9 Å². The molecule has 30 heavy (non-hydrogen) atoms. The second-order valence-electron chi connectivity index (χ2n) is 8.66. The first-order valence-corrected chi connectivity index (χ1v) is 12.1. The van der Waals surface area contributed by atoms with Gasteiger partial charge in [0.15, 0.2) is 6.61 Å². The Bertz CT molecular complexity index is 954. The number of hydrogen-bond acceptors (Lipinski definition) is 5. The number of ether oxygens (including phenoxy) is 1. The number of likely N-dealkylation sites (tertiary alicyclic amines) is 1. The normalized spacial score (nSPS) is 23.5. The van der Waals surface area contributed by atoms with Gasteiger partial charge in [-0.25, -0.2) is 8.42 Å². The highest BCUT2D eigenvalue weighted by Gasteiger charge is 2.37. The van der Waals surface area contributed by atoms with Crippen LogP contribution in [-0.4, -0.2) is 62.2 Å². The molecule has 3 aliphatic heterocycles. The Morgan fingerprint density at radius 2 is 1.90 bits per heavy atom. The Kier molecular flexibility index (Phi) is 5.76. The Hall–Kier alpha value is -2.13. The summed E-state index contributed by atoms with van der Waals surface area (Å²) in [6.45, 7) is 5.90. The quantitative estimate of drug-likeness (QED) is 0.783. The topological polar surface area (TPSA) is 96.0 Å². The molecule has 1 N–H and O–H groups in total. The number of hydrogen-bond donors (Lipinski definition) is 1. The third-order valence-corrected chi connectivity index (χ3v) is 8.36. The summed E-state index contributed by atoms with van der Waals surface area (Å²) < 4.78 is 33.6. The van der Waals surface area contributed by atoms with Crippen molar-refractivity contribution in [3.8, 4) is 5.75 Å². The zero-order valence-corrected chi connectivity index (χ0v) is 18.3. The molecule has 4 rings (SSSR count). The van der Waals surface area contributed by atoms with Gasteiger partial charge in [0, 0.05) is 32.2 Å². The molecule has 0 unspecified atom stereocenters. The molecule has 0 aliphatic carbocycles. The molecule has 0 aromatic heterocycles. The van der Waals surface area contributed by atoms with Crippen molar-refractivity contribution < 1.29 is 22.7 Å². The van der Waals surface area contributed by atoms with Crippen molar-refractivity contribution in [3.05, 3.63) is 17.7 Å². The number of benzene rings is 1. The molecule has 0 saturated carbocycles. The Balaban J connectivity index is 1.53. The third-order valence-electron chi connectivity index (χ3n) is 6.36. The highest BCUT2D eigenvalue weighted by molar-refractivity contribution is 7.89. The van der Waals surface area contributed by atoms with Crippen LogP contribution < -0.4 is 10.1 Å². The van der Waals surface area contributed by atoms with E-state index in [1.54, 1.807) is 13.0 Å². The number of piperidine rings is 2. The van der Waals surface area contributed by atoms with Gasteiger partial charge in [-0.15, -0.1) is 0 Å². The first kappa shape index (κ1) is 21.1. The fourth-order valence-electron chi connectivity index (χ4n) is 4.48. The fourth-order valence-corrected chi connectivity index (χ4v) is 6.23. The third kappa shape index (κ3) is 4.05. The van der Waals surface area contributed by atoms with E-state index in [1.165, 1.54) is 10.4 Å². The maximum Gasteiger partial charge on any atom is 0.262 e. The Morgan fingerprint density at radius 1 is 1.17 bits per heavy atom. The fraction of sp³-hybridized carbons (Fsp3) is 0.619. The zero-order chi connectivity index (χ0) is 21.5. The number of rotatable bonds is 3. The largest absolute Gasteiger partial charge is 0.482 e. The smallest absolute Gasteiger partial charge is 0.262 e. The molecule has 0 radical (unpaired) electrons. The lowest BCUT2D eigenvalue weighted by Crippen LogP contribution is -2.48. The van der Waals surface area contributed by atoms with E-state index in [-0.39, 0.29) is 35.8 Å². The number of amides is 2. The predicted molar refractivity (Wildman–Crippen MR) is 112 cm³/mol. The number of sulfonamides is 1. The van der Waals surface area contributed by atoms with E-state index in [9.17, 15) is 18.0 Å². The molecule has 1 aromatic carbocycles. The molecule has 3 aliphatic rings. The lowest BCUT2D eigenvalue weighted by atomic mass is 9.94. The minimum Gasteiger partial charge on any atom is -0.482 e. The van der Waals surface area contributed by atoms with Crippen molar-refractivity contribution >= 4 is 27.5 Å². The molecule has 164 valence electrons. The summed E-state index contributed by atoms with van der Waals surface area (Å²) in [5.74, 6) is 0.509. The standard InChI is InChI=1S/C21H29N3O5S/c1-14-5-8-23(9-6-14)21(26)16-4-3-7-24(12-16)30(27,28)19-11-18-17(10-15(19)2)22-20(25)13-29-18/h10-11,14,16H,3-9,12-13H2,1-2H3,(H,22,25)/t16-/m0/s1. The van der Waals surface area contributed by atoms with Crippen molar-refractivity contribution in [3.63, 3.8) is 0 Å². The van der Waals surface area contributed by atoms with Crippen LogP contribution >= 0.6 is 0 Å². The van der Waals surface area contributed by atoms with Crippen molar-refractivity contribution in [2.45, 2.75) is 44.4 Å². The Labute approximate surface area is 177 Å². The van der Waals surface area contributed by atoms with Crippen LogP contribution in [0.15, 0.2) is 17.0 Å². The van der Waals surface area contributed by atoms with Gasteiger partial charge in [0.25, 0.3) is 5.91 Å². The molecule has 9 heteroatoms. The van der Waals surface area contributed by atoms with Gasteiger partial charge < -0.3 is 15.0 Å². The van der Waals surface area contributed by atoms with E-state index < -0.39 is 10.0 Å². The molecule has 0 spiro atoms. The molecule has 2 fully saturated rings. The molecule has 3 heterocycles. The SMILES string of the molecule is Cc1cc2c(cc1S(=O)(=O)N1CCC[C@H](C(=O)N3CCC(C)CC3)C1)OCC(=O)N2. The molecule has 2 amide bonds. The summed E-state index contributed by atoms with van der Waals surface area (Å²) in [6.07, 6.45) is 3.39. The summed E-state index contributed by atoms with van der Waals surface area (Å²) >= 11 is 0. The molecule has 8 nitrogen and oxygen atoms in total. The van der Waals surface area contributed by atoms with E-state index in [0.29, 0.717) is 35.9 Å². The summed E-state index contributed by atoms with van der Waals surface area (Å²) in [7, 11) is -3.78. The number of nitrogens with zero attached hydrogens (tertiary/aromatic N) is 2. The van der Waals surface area contributed by atoms with E-state index in [4.69, 9.17) is 4.74 Å². The van der Waals surface area contributed by atoms with Crippen molar-refractivity contribution in [1.82, 2.24) is 9.21 Å². The number of carbonyl (C=O) groups is 2. The first-order chi connectivity index (χ1) is 14.3. The maximum absolute atomic E-state index is 13.4. The highest BCUT2D eigenvalue weighted by atomic mass is 32.2. The first-order valence-electron chi connectivity index (χ1n) is 10.6. The van der Waals surface area contributed by atoms with Crippen molar-refractivity contribution in [1.29, 1.82) is 0 Å². The van der Waals surface area contributed by atoms with Gasteiger partial charge in [-0.3, -0.25) is 9.59 Å². The second kappa shape index (κ2) is 8.19. The van der Waals surface area contributed by atoms with Gasteiger partial charge in [-0.1, -0.05) is 6.92 Å². The van der Waals surface area contributed by atoms with Crippen LogP contribution in [0.2, 0.25) is 0 Å². The average molecular weight is 436 g/mol. The van der Waals surface area contributed by atoms with E-state index in [2.05, 4.69) is 12.2 Å². The molecule has 1 atom stereocenters. The molecular weight excluding hydrogens is 406 g/mol. The second-order valence-corrected chi connectivity index (χ2v) is 10.6. The molecule has 2 saturated heterocycles.